The highest BCUT2D eigenvalue weighted by atomic mass is 16.3. The third-order valence-corrected chi connectivity index (χ3v) is 1.68. The highest BCUT2D eigenvalue weighted by molar-refractivity contribution is 5.36. The zero-order valence-electron chi connectivity index (χ0n) is 6.64. The molecular formula is C8H7N3O2. The van der Waals surface area contributed by atoms with Crippen molar-refractivity contribution in [3.05, 3.63) is 41.1 Å². The van der Waals surface area contributed by atoms with Crippen molar-refractivity contribution >= 4 is 0 Å². The van der Waals surface area contributed by atoms with Gasteiger partial charge in [-0.2, -0.15) is 5.10 Å². The first kappa shape index (κ1) is 7.60. The molecule has 5 heteroatoms. The lowest BCUT2D eigenvalue weighted by Gasteiger charge is -1.98. The maximum atomic E-state index is 11.1. The molecule has 2 aromatic rings. The van der Waals surface area contributed by atoms with Crippen LogP contribution < -0.4 is 5.69 Å². The van der Waals surface area contributed by atoms with Gasteiger partial charge >= 0.3 is 5.69 Å². The van der Waals surface area contributed by atoms with Crippen molar-refractivity contribution in [2.24, 2.45) is 0 Å². The molecule has 0 spiro atoms. The Bertz CT molecular complexity index is 455. The summed E-state index contributed by atoms with van der Waals surface area (Å²) in [6.45, 7) is 0. The minimum absolute atomic E-state index is 0.167. The van der Waals surface area contributed by atoms with Gasteiger partial charge in [0, 0.05) is 0 Å². The van der Waals surface area contributed by atoms with Crippen LogP contribution >= 0.6 is 0 Å². The van der Waals surface area contributed by atoms with E-state index in [-0.39, 0.29) is 11.4 Å². The van der Waals surface area contributed by atoms with E-state index in [2.05, 4.69) is 10.2 Å². The smallest absolute Gasteiger partial charge is 0.347 e. The second kappa shape index (κ2) is 2.78. The number of aromatic amines is 1. The topological polar surface area (TPSA) is 70.9 Å². The summed E-state index contributed by atoms with van der Waals surface area (Å²) in [6.07, 6.45) is 1.38. The van der Waals surface area contributed by atoms with Crippen LogP contribution in [0.1, 0.15) is 0 Å². The SMILES string of the molecule is O=c1[nH]ncn1-c1ccc(O)cc1. The second-order valence-corrected chi connectivity index (χ2v) is 2.55. The Hall–Kier alpha value is -2.04. The van der Waals surface area contributed by atoms with Crippen molar-refractivity contribution in [1.82, 2.24) is 14.8 Å². The number of H-pyrrole nitrogens is 1. The summed E-state index contributed by atoms with van der Waals surface area (Å²) in [4.78, 5) is 11.1. The van der Waals surface area contributed by atoms with Crippen LogP contribution in [0.2, 0.25) is 0 Å². The van der Waals surface area contributed by atoms with Gasteiger partial charge in [0.1, 0.15) is 12.1 Å². The summed E-state index contributed by atoms with van der Waals surface area (Å²) in [5.74, 6) is 0.167. The van der Waals surface area contributed by atoms with Crippen LogP contribution in [0.5, 0.6) is 5.75 Å². The fraction of sp³-hybridized carbons (Fsp3) is 0. The standard InChI is InChI=1S/C8H7N3O2/c12-7-3-1-6(2-4-7)11-5-9-10-8(11)13/h1-5,12H,(H,10,13). The van der Waals surface area contributed by atoms with Crippen molar-refractivity contribution in [1.29, 1.82) is 0 Å². The van der Waals surface area contributed by atoms with Crippen LogP contribution in [0.3, 0.4) is 0 Å². The van der Waals surface area contributed by atoms with Gasteiger partial charge in [-0.05, 0) is 24.3 Å². The van der Waals surface area contributed by atoms with E-state index in [1.165, 1.54) is 23.0 Å². The normalized spacial score (nSPS) is 10.2. The Labute approximate surface area is 73.3 Å². The summed E-state index contributed by atoms with van der Waals surface area (Å²) >= 11 is 0. The zero-order valence-corrected chi connectivity index (χ0v) is 6.64. The molecule has 0 aliphatic carbocycles. The molecule has 2 N–H and O–H groups in total. The number of rotatable bonds is 1. The predicted octanol–water partition coefficient (Wildman–Crippen LogP) is 0.266. The molecule has 0 radical (unpaired) electrons. The number of aromatic nitrogens is 3. The van der Waals surface area contributed by atoms with E-state index in [0.29, 0.717) is 5.69 Å². The Morgan fingerprint density at radius 1 is 1.31 bits per heavy atom. The summed E-state index contributed by atoms with van der Waals surface area (Å²) in [5.41, 5.74) is 0.363. The van der Waals surface area contributed by atoms with E-state index in [1.807, 2.05) is 0 Å². The van der Waals surface area contributed by atoms with Gasteiger partial charge in [0.2, 0.25) is 0 Å². The van der Waals surface area contributed by atoms with E-state index in [4.69, 9.17) is 5.11 Å². The van der Waals surface area contributed by atoms with Crippen molar-refractivity contribution in [2.75, 3.05) is 0 Å². The van der Waals surface area contributed by atoms with Crippen molar-refractivity contribution in [3.63, 3.8) is 0 Å². The fourth-order valence-electron chi connectivity index (χ4n) is 1.05. The predicted molar refractivity (Wildman–Crippen MR) is 45.8 cm³/mol. The van der Waals surface area contributed by atoms with Gasteiger partial charge < -0.3 is 5.11 Å². The Morgan fingerprint density at radius 3 is 2.54 bits per heavy atom. The molecule has 5 nitrogen and oxygen atoms in total. The molecule has 0 bridgehead atoms. The molecule has 0 aliphatic heterocycles. The van der Waals surface area contributed by atoms with Gasteiger partial charge in [-0.3, -0.25) is 0 Å². The molecule has 66 valence electrons. The maximum Gasteiger partial charge on any atom is 0.347 e. The number of hydrogen-bond donors (Lipinski definition) is 2. The van der Waals surface area contributed by atoms with Gasteiger partial charge in [-0.25, -0.2) is 14.5 Å². The van der Waals surface area contributed by atoms with Crippen LogP contribution in [0, 0.1) is 0 Å². The molecule has 2 rings (SSSR count). The minimum atomic E-state index is -0.300. The molecule has 0 saturated heterocycles. The number of nitrogens with zero attached hydrogens (tertiary/aromatic N) is 2. The van der Waals surface area contributed by atoms with Crippen molar-refractivity contribution in [2.45, 2.75) is 0 Å². The van der Waals surface area contributed by atoms with Gasteiger partial charge in [0.05, 0.1) is 5.69 Å². The molecule has 0 atom stereocenters. The van der Waals surface area contributed by atoms with Crippen LogP contribution in [0.4, 0.5) is 0 Å². The molecule has 13 heavy (non-hydrogen) atoms. The molecule has 0 aliphatic rings. The lowest BCUT2D eigenvalue weighted by Crippen LogP contribution is -2.13. The first-order valence-corrected chi connectivity index (χ1v) is 3.69. The quantitative estimate of drug-likeness (QED) is 0.656. The largest absolute Gasteiger partial charge is 0.508 e. The Balaban J connectivity index is 2.54. The molecule has 1 aromatic heterocycles. The van der Waals surface area contributed by atoms with E-state index >= 15 is 0 Å². The summed E-state index contributed by atoms with van der Waals surface area (Å²) in [5, 5.41) is 14.9. The first-order valence-electron chi connectivity index (χ1n) is 3.69. The minimum Gasteiger partial charge on any atom is -0.508 e. The lowest BCUT2D eigenvalue weighted by molar-refractivity contribution is 0.475. The van der Waals surface area contributed by atoms with Gasteiger partial charge in [0.15, 0.2) is 0 Å². The average molecular weight is 177 g/mol. The molecule has 0 amide bonds. The van der Waals surface area contributed by atoms with Crippen LogP contribution in [0.15, 0.2) is 35.4 Å². The monoisotopic (exact) mass is 177 g/mol. The van der Waals surface area contributed by atoms with Crippen LogP contribution in [-0.2, 0) is 0 Å². The highest BCUT2D eigenvalue weighted by Crippen LogP contribution is 2.11. The average Bonchev–Trinajstić information content (AvgIpc) is 2.53. The Kier molecular flexibility index (Phi) is 1.63. The second-order valence-electron chi connectivity index (χ2n) is 2.55. The number of aromatic hydroxyl groups is 1. The first-order chi connectivity index (χ1) is 6.27. The van der Waals surface area contributed by atoms with E-state index < -0.39 is 0 Å². The van der Waals surface area contributed by atoms with Gasteiger partial charge in [0.25, 0.3) is 0 Å². The van der Waals surface area contributed by atoms with E-state index in [1.54, 1.807) is 12.1 Å². The van der Waals surface area contributed by atoms with Gasteiger partial charge in [-0.15, -0.1) is 0 Å². The third-order valence-electron chi connectivity index (χ3n) is 1.68. The third kappa shape index (κ3) is 1.31. The molecule has 1 aromatic carbocycles. The zero-order chi connectivity index (χ0) is 9.26. The summed E-state index contributed by atoms with van der Waals surface area (Å²) in [6, 6.07) is 6.28. The number of phenols is 1. The summed E-state index contributed by atoms with van der Waals surface area (Å²) < 4.78 is 1.35. The van der Waals surface area contributed by atoms with E-state index in [9.17, 15) is 4.79 Å². The van der Waals surface area contributed by atoms with Crippen LogP contribution in [0.25, 0.3) is 5.69 Å². The van der Waals surface area contributed by atoms with E-state index in [0.717, 1.165) is 0 Å². The summed E-state index contributed by atoms with van der Waals surface area (Å²) in [7, 11) is 0. The van der Waals surface area contributed by atoms with Gasteiger partial charge in [-0.1, -0.05) is 0 Å². The Morgan fingerprint density at radius 2 is 2.00 bits per heavy atom. The highest BCUT2D eigenvalue weighted by Gasteiger charge is 1.99. The molecule has 0 fully saturated rings. The number of benzene rings is 1. The molecule has 0 unspecified atom stereocenters. The number of hydrogen-bond acceptors (Lipinski definition) is 3. The van der Waals surface area contributed by atoms with Crippen LogP contribution in [-0.4, -0.2) is 19.9 Å². The number of nitrogens with one attached hydrogen (secondary N) is 1. The molecule has 0 saturated carbocycles. The number of phenolic OH excluding ortho intramolecular Hbond substituents is 1. The van der Waals surface area contributed by atoms with Crippen molar-refractivity contribution < 1.29 is 5.11 Å². The molecule has 1 heterocycles. The molecular weight excluding hydrogens is 170 g/mol. The fourth-order valence-corrected chi connectivity index (χ4v) is 1.05. The van der Waals surface area contributed by atoms with Crippen molar-refractivity contribution in [3.8, 4) is 11.4 Å². The maximum absolute atomic E-state index is 11.1. The lowest BCUT2D eigenvalue weighted by atomic mass is 10.3.